The van der Waals surface area contributed by atoms with E-state index in [0.717, 1.165) is 28.2 Å². The van der Waals surface area contributed by atoms with E-state index in [1.165, 1.54) is 0 Å². The van der Waals surface area contributed by atoms with Crippen LogP contribution in [0.15, 0.2) is 40.9 Å². The third-order valence-electron chi connectivity index (χ3n) is 2.04. The third-order valence-corrected chi connectivity index (χ3v) is 2.74. The molecule has 2 aromatic carbocycles. The van der Waals surface area contributed by atoms with E-state index in [4.69, 9.17) is 5.02 Å². The minimum Gasteiger partial charge on any atom is -0.450 e. The molecular formula is C10H7BBrO. The van der Waals surface area contributed by atoms with Crippen LogP contribution in [0, 0.1) is 0 Å². The summed E-state index contributed by atoms with van der Waals surface area (Å²) in [7, 11) is 1.13. The highest BCUT2D eigenvalue weighted by Gasteiger charge is 2.03. The third kappa shape index (κ3) is 1.49. The van der Waals surface area contributed by atoms with Crippen LogP contribution in [0.1, 0.15) is 0 Å². The Kier molecular flexibility index (Phi) is 2.38. The summed E-state index contributed by atoms with van der Waals surface area (Å²) in [6, 6.07) is 11.8. The molecule has 0 aliphatic heterocycles. The molecule has 13 heavy (non-hydrogen) atoms. The summed E-state index contributed by atoms with van der Waals surface area (Å²) in [4.78, 5) is 0. The first kappa shape index (κ1) is 8.79. The van der Waals surface area contributed by atoms with Crippen LogP contribution in [0.2, 0.25) is 0 Å². The number of benzene rings is 2. The average molecular weight is 234 g/mol. The summed E-state index contributed by atoms with van der Waals surface area (Å²) in [5.41, 5.74) is 0.846. The van der Waals surface area contributed by atoms with Crippen molar-refractivity contribution in [3.8, 4) is 0 Å². The van der Waals surface area contributed by atoms with E-state index in [2.05, 4.69) is 15.9 Å². The fraction of sp³-hybridized carbons (Fsp3) is 0. The van der Waals surface area contributed by atoms with Crippen molar-refractivity contribution >= 4 is 39.6 Å². The molecule has 0 atom stereocenters. The highest BCUT2D eigenvalue weighted by Crippen LogP contribution is 2.21. The lowest BCUT2D eigenvalue weighted by Crippen LogP contribution is -2.14. The average Bonchev–Trinajstić information content (AvgIpc) is 2.19. The molecule has 3 heteroatoms. The second-order valence-electron chi connectivity index (χ2n) is 2.81. The van der Waals surface area contributed by atoms with Crippen LogP contribution >= 0.6 is 15.9 Å². The van der Waals surface area contributed by atoms with Crippen molar-refractivity contribution in [2.24, 2.45) is 0 Å². The summed E-state index contributed by atoms with van der Waals surface area (Å²) in [5.74, 6) is 0. The second-order valence-corrected chi connectivity index (χ2v) is 3.67. The maximum atomic E-state index is 8.99. The van der Waals surface area contributed by atoms with E-state index >= 15 is 0 Å². The Hall–Kier alpha value is -0.795. The highest BCUT2D eigenvalue weighted by atomic mass is 79.9. The van der Waals surface area contributed by atoms with Crippen LogP contribution in [-0.4, -0.2) is 12.5 Å². The van der Waals surface area contributed by atoms with Gasteiger partial charge in [0.2, 0.25) is 0 Å². The van der Waals surface area contributed by atoms with Crippen molar-refractivity contribution in [1.29, 1.82) is 0 Å². The summed E-state index contributed by atoms with van der Waals surface area (Å²) in [6.45, 7) is 0. The van der Waals surface area contributed by atoms with Crippen LogP contribution in [-0.2, 0) is 0 Å². The van der Waals surface area contributed by atoms with Crippen molar-refractivity contribution < 1.29 is 5.02 Å². The molecule has 0 saturated carbocycles. The molecule has 0 heterocycles. The maximum absolute atomic E-state index is 8.99. The fourth-order valence-electron chi connectivity index (χ4n) is 1.40. The van der Waals surface area contributed by atoms with Gasteiger partial charge in [-0.25, -0.2) is 0 Å². The number of fused-ring (bicyclic) bond motifs is 1. The first-order chi connectivity index (χ1) is 6.33. The molecule has 0 bridgehead atoms. The predicted molar refractivity (Wildman–Crippen MR) is 59.3 cm³/mol. The van der Waals surface area contributed by atoms with Crippen LogP contribution in [0.25, 0.3) is 10.8 Å². The Labute approximate surface area is 85.8 Å². The monoisotopic (exact) mass is 233 g/mol. The van der Waals surface area contributed by atoms with Gasteiger partial charge in [-0.1, -0.05) is 46.3 Å². The largest absolute Gasteiger partial charge is 0.450 e. The lowest BCUT2D eigenvalue weighted by atomic mass is 9.84. The quantitative estimate of drug-likeness (QED) is 0.746. The van der Waals surface area contributed by atoms with Crippen molar-refractivity contribution in [1.82, 2.24) is 0 Å². The van der Waals surface area contributed by atoms with Crippen LogP contribution in [0.3, 0.4) is 0 Å². The van der Waals surface area contributed by atoms with Gasteiger partial charge < -0.3 is 5.02 Å². The first-order valence-corrected chi connectivity index (χ1v) is 4.77. The van der Waals surface area contributed by atoms with Gasteiger partial charge in [0.25, 0.3) is 0 Å². The summed E-state index contributed by atoms with van der Waals surface area (Å²) < 4.78 is 1.05. The van der Waals surface area contributed by atoms with Crippen molar-refractivity contribution in [2.45, 2.75) is 0 Å². The minimum atomic E-state index is 0.846. The standard InChI is InChI=1S/C10H7BBrO/c12-10-6-5-9(11-13)7-3-1-2-4-8(7)10/h1-6,13H. The molecule has 1 nitrogen and oxygen atoms in total. The summed E-state index contributed by atoms with van der Waals surface area (Å²) in [5, 5.41) is 11.2. The van der Waals surface area contributed by atoms with E-state index in [1.807, 2.05) is 36.4 Å². The van der Waals surface area contributed by atoms with Gasteiger partial charge in [0.05, 0.1) is 0 Å². The van der Waals surface area contributed by atoms with Crippen LogP contribution < -0.4 is 5.46 Å². The zero-order valence-corrected chi connectivity index (χ0v) is 8.45. The molecule has 1 radical (unpaired) electrons. The van der Waals surface area contributed by atoms with Gasteiger partial charge in [0, 0.05) is 4.47 Å². The molecule has 0 fully saturated rings. The number of rotatable bonds is 1. The molecule has 0 unspecified atom stereocenters. The smallest absolute Gasteiger partial charge is 0.327 e. The molecule has 0 aliphatic rings. The first-order valence-electron chi connectivity index (χ1n) is 3.97. The molecule has 2 aromatic rings. The number of hydrogen-bond donors (Lipinski definition) is 1. The molecule has 0 aromatic heterocycles. The van der Waals surface area contributed by atoms with Crippen molar-refractivity contribution in [3.63, 3.8) is 0 Å². The SMILES string of the molecule is O[B]c1ccc(Br)c2ccccc12. The van der Waals surface area contributed by atoms with E-state index in [0.29, 0.717) is 0 Å². The Morgan fingerprint density at radius 1 is 1.00 bits per heavy atom. The van der Waals surface area contributed by atoms with Gasteiger partial charge in [0.15, 0.2) is 0 Å². The molecule has 0 saturated heterocycles. The summed E-state index contributed by atoms with van der Waals surface area (Å²) >= 11 is 3.46. The van der Waals surface area contributed by atoms with E-state index < -0.39 is 0 Å². The van der Waals surface area contributed by atoms with Crippen LogP contribution in [0.4, 0.5) is 0 Å². The Balaban J connectivity index is 2.84. The van der Waals surface area contributed by atoms with Gasteiger partial charge >= 0.3 is 7.48 Å². The van der Waals surface area contributed by atoms with Gasteiger partial charge in [-0.05, 0) is 22.3 Å². The van der Waals surface area contributed by atoms with E-state index in [-0.39, 0.29) is 0 Å². The Bertz CT molecular complexity index is 442. The zero-order valence-electron chi connectivity index (χ0n) is 6.87. The molecule has 63 valence electrons. The fourth-order valence-corrected chi connectivity index (χ4v) is 1.88. The minimum absolute atomic E-state index is 0.846. The maximum Gasteiger partial charge on any atom is 0.327 e. The molecule has 0 amide bonds. The summed E-state index contributed by atoms with van der Waals surface area (Å²) in [6.07, 6.45) is 0. The van der Waals surface area contributed by atoms with E-state index in [1.54, 1.807) is 0 Å². The number of hydrogen-bond acceptors (Lipinski definition) is 1. The number of halogens is 1. The van der Waals surface area contributed by atoms with Gasteiger partial charge in [0.1, 0.15) is 0 Å². The Morgan fingerprint density at radius 2 is 1.69 bits per heavy atom. The highest BCUT2D eigenvalue weighted by molar-refractivity contribution is 9.10. The van der Waals surface area contributed by atoms with E-state index in [9.17, 15) is 0 Å². The van der Waals surface area contributed by atoms with Crippen molar-refractivity contribution in [3.05, 3.63) is 40.9 Å². The molecule has 0 spiro atoms. The lowest BCUT2D eigenvalue weighted by molar-refractivity contribution is 0.616. The topological polar surface area (TPSA) is 20.2 Å². The second kappa shape index (κ2) is 3.52. The van der Waals surface area contributed by atoms with Crippen molar-refractivity contribution in [2.75, 3.05) is 0 Å². The molecule has 1 N–H and O–H groups in total. The molecular weight excluding hydrogens is 227 g/mol. The Morgan fingerprint density at radius 3 is 2.38 bits per heavy atom. The molecule has 0 aliphatic carbocycles. The normalized spacial score (nSPS) is 10.3. The lowest BCUT2D eigenvalue weighted by Gasteiger charge is -2.04. The van der Waals surface area contributed by atoms with Gasteiger partial charge in [-0.3, -0.25) is 0 Å². The zero-order chi connectivity index (χ0) is 9.26. The van der Waals surface area contributed by atoms with Gasteiger partial charge in [-0.2, -0.15) is 0 Å². The molecule has 2 rings (SSSR count). The predicted octanol–water partition coefficient (Wildman–Crippen LogP) is 1.84. The van der Waals surface area contributed by atoms with Crippen LogP contribution in [0.5, 0.6) is 0 Å². The van der Waals surface area contributed by atoms with Gasteiger partial charge in [-0.15, -0.1) is 0 Å².